The van der Waals surface area contributed by atoms with Gasteiger partial charge in [-0.15, -0.1) is 0 Å². The Bertz CT molecular complexity index is 1650. The van der Waals surface area contributed by atoms with E-state index in [1.54, 1.807) is 0 Å². The van der Waals surface area contributed by atoms with Gasteiger partial charge in [0.05, 0.1) is 47.9 Å². The van der Waals surface area contributed by atoms with Crippen molar-refractivity contribution in [3.05, 3.63) is 91.5 Å². The number of carbonyl (C=O) groups excluding carboxylic acids is 1. The third-order valence-electron chi connectivity index (χ3n) is 9.22. The Hall–Kier alpha value is -4.04. The molecule has 0 aromatic heterocycles. The zero-order chi connectivity index (χ0) is 29.2. The minimum Gasteiger partial charge on any atom is -0.511 e. The molecule has 6 aliphatic rings. The van der Waals surface area contributed by atoms with Crippen molar-refractivity contribution in [3.8, 4) is 0 Å². The quantitative estimate of drug-likeness (QED) is 0.384. The molecule has 1 saturated heterocycles. The third-order valence-corrected chi connectivity index (χ3v) is 9.22. The van der Waals surface area contributed by atoms with Gasteiger partial charge in [-0.3, -0.25) is 4.79 Å². The van der Waals surface area contributed by atoms with Crippen LogP contribution < -0.4 is 5.32 Å². The molecule has 0 spiro atoms. The molecule has 1 aliphatic carbocycles. The summed E-state index contributed by atoms with van der Waals surface area (Å²) in [5.41, 5.74) is 12.9. The molecule has 41 heavy (non-hydrogen) atoms. The van der Waals surface area contributed by atoms with E-state index in [0.29, 0.717) is 18.6 Å². The average molecular weight is 553 g/mol. The summed E-state index contributed by atoms with van der Waals surface area (Å²) in [6, 6.07) is 0. The number of hydrogen-bond acceptors (Lipinski definition) is 8. The fourth-order valence-electron chi connectivity index (χ4n) is 6.70. The first-order valence-corrected chi connectivity index (χ1v) is 14.3. The van der Waals surface area contributed by atoms with E-state index in [9.17, 15) is 15.0 Å². The third kappa shape index (κ3) is 4.23. The number of rotatable bonds is 5. The number of fused-ring (bicyclic) bond motifs is 5. The molecular formula is C33H36N4O4. The summed E-state index contributed by atoms with van der Waals surface area (Å²) >= 11 is 0. The Morgan fingerprint density at radius 1 is 1.02 bits per heavy atom. The van der Waals surface area contributed by atoms with Crippen molar-refractivity contribution < 1.29 is 19.7 Å². The summed E-state index contributed by atoms with van der Waals surface area (Å²) in [6.07, 6.45) is 8.10. The van der Waals surface area contributed by atoms with Crippen LogP contribution in [0.15, 0.2) is 106 Å². The maximum Gasteiger partial charge on any atom is 0.305 e. The number of esters is 1. The van der Waals surface area contributed by atoms with Crippen LogP contribution in [0.5, 0.6) is 0 Å². The fourth-order valence-corrected chi connectivity index (χ4v) is 6.70. The smallest absolute Gasteiger partial charge is 0.305 e. The molecule has 6 rings (SSSR count). The summed E-state index contributed by atoms with van der Waals surface area (Å²) in [5, 5.41) is 25.1. The molecule has 0 aromatic carbocycles. The first-order valence-electron chi connectivity index (χ1n) is 14.3. The highest BCUT2D eigenvalue weighted by Gasteiger charge is 2.38. The van der Waals surface area contributed by atoms with Gasteiger partial charge < -0.3 is 20.3 Å². The molecule has 0 unspecified atom stereocenters. The lowest BCUT2D eigenvalue weighted by Crippen LogP contribution is -2.10. The van der Waals surface area contributed by atoms with Gasteiger partial charge in [0.25, 0.3) is 0 Å². The second kappa shape index (κ2) is 10.1. The van der Waals surface area contributed by atoms with E-state index in [-0.39, 0.29) is 30.8 Å². The first-order chi connectivity index (χ1) is 19.7. The lowest BCUT2D eigenvalue weighted by molar-refractivity contribution is -0.140. The van der Waals surface area contributed by atoms with Crippen LogP contribution in [-0.2, 0) is 9.53 Å². The van der Waals surface area contributed by atoms with Crippen LogP contribution in [0, 0.1) is 11.8 Å². The SMILES string of the molecule is CC[C@H]1C2=CC3=C(C)C4=C(O)CC(=C5N=C(C=C6N=C(C=C(N2)[C@@H]1C)C(CO)=C6C)C(C)=C5CCC(=O)OC)C4=N3. The van der Waals surface area contributed by atoms with Crippen LogP contribution in [0.2, 0.25) is 0 Å². The Labute approximate surface area is 240 Å². The molecule has 0 aromatic rings. The Morgan fingerprint density at radius 3 is 2.51 bits per heavy atom. The zero-order valence-electron chi connectivity index (χ0n) is 24.5. The molecule has 8 nitrogen and oxygen atoms in total. The summed E-state index contributed by atoms with van der Waals surface area (Å²) in [5.74, 6) is 0.516. The van der Waals surface area contributed by atoms with E-state index >= 15 is 0 Å². The number of aliphatic hydroxyl groups excluding tert-OH is 2. The Kier molecular flexibility index (Phi) is 6.69. The number of allylic oxidation sites excluding steroid dienone is 11. The van der Waals surface area contributed by atoms with E-state index < -0.39 is 0 Å². The lowest BCUT2D eigenvalue weighted by Gasteiger charge is -2.13. The molecule has 1 fully saturated rings. The van der Waals surface area contributed by atoms with Crippen LogP contribution in [0.25, 0.3) is 0 Å². The van der Waals surface area contributed by atoms with E-state index in [1.807, 2.05) is 26.8 Å². The molecule has 0 radical (unpaired) electrons. The molecule has 3 N–H and O–H groups in total. The van der Waals surface area contributed by atoms with Gasteiger partial charge in [-0.25, -0.2) is 15.0 Å². The summed E-state index contributed by atoms with van der Waals surface area (Å²) in [7, 11) is 1.39. The second-order valence-corrected chi connectivity index (χ2v) is 11.4. The van der Waals surface area contributed by atoms with Crippen molar-refractivity contribution in [1.82, 2.24) is 5.32 Å². The van der Waals surface area contributed by atoms with E-state index in [1.165, 1.54) is 7.11 Å². The van der Waals surface area contributed by atoms with Crippen LogP contribution in [0.3, 0.4) is 0 Å². The largest absolute Gasteiger partial charge is 0.511 e. The van der Waals surface area contributed by atoms with Crippen molar-refractivity contribution in [1.29, 1.82) is 0 Å². The monoisotopic (exact) mass is 552 g/mol. The molecule has 2 atom stereocenters. The molecule has 0 amide bonds. The van der Waals surface area contributed by atoms with Crippen LogP contribution in [-0.4, -0.2) is 47.0 Å². The molecule has 5 aliphatic heterocycles. The summed E-state index contributed by atoms with van der Waals surface area (Å²) in [6.45, 7) is 10.3. The highest BCUT2D eigenvalue weighted by molar-refractivity contribution is 6.22. The maximum atomic E-state index is 12.1. The van der Waals surface area contributed by atoms with Gasteiger partial charge in [0, 0.05) is 52.8 Å². The first kappa shape index (κ1) is 27.1. The molecule has 8 bridgehead atoms. The van der Waals surface area contributed by atoms with E-state index in [0.717, 1.165) is 91.1 Å². The second-order valence-electron chi connectivity index (χ2n) is 11.4. The molecule has 5 heterocycles. The molecule has 0 saturated carbocycles. The minimum absolute atomic E-state index is 0.113. The van der Waals surface area contributed by atoms with Gasteiger partial charge in [0.2, 0.25) is 0 Å². The van der Waals surface area contributed by atoms with Gasteiger partial charge in [0.15, 0.2) is 0 Å². The number of nitrogens with zero attached hydrogens (tertiary/aromatic N) is 3. The Morgan fingerprint density at radius 2 is 1.80 bits per heavy atom. The molecule has 8 heteroatoms. The normalized spacial score (nSPS) is 25.0. The van der Waals surface area contributed by atoms with Crippen molar-refractivity contribution in [2.75, 3.05) is 13.7 Å². The fraction of sp³-hybridized carbons (Fsp3) is 0.394. The van der Waals surface area contributed by atoms with Gasteiger partial charge >= 0.3 is 5.97 Å². The number of nitrogens with one attached hydrogen (secondary N) is 1. The highest BCUT2D eigenvalue weighted by Crippen LogP contribution is 2.45. The van der Waals surface area contributed by atoms with Crippen molar-refractivity contribution in [2.45, 2.75) is 60.3 Å². The van der Waals surface area contributed by atoms with Crippen molar-refractivity contribution >= 4 is 23.1 Å². The van der Waals surface area contributed by atoms with Crippen LogP contribution >= 0.6 is 0 Å². The molecule has 212 valence electrons. The number of carbonyl (C=O) groups is 1. The summed E-state index contributed by atoms with van der Waals surface area (Å²) < 4.78 is 4.93. The van der Waals surface area contributed by atoms with Crippen LogP contribution in [0.1, 0.15) is 60.3 Å². The zero-order valence-corrected chi connectivity index (χ0v) is 24.5. The minimum atomic E-state index is -0.288. The van der Waals surface area contributed by atoms with E-state index in [2.05, 4.69) is 31.3 Å². The maximum absolute atomic E-state index is 12.1. The average Bonchev–Trinajstić information content (AvgIpc) is 3.70. The number of ether oxygens (including phenoxy) is 1. The van der Waals surface area contributed by atoms with Gasteiger partial charge in [0.1, 0.15) is 5.76 Å². The summed E-state index contributed by atoms with van der Waals surface area (Å²) in [4.78, 5) is 27.2. The van der Waals surface area contributed by atoms with Gasteiger partial charge in [-0.2, -0.15) is 0 Å². The van der Waals surface area contributed by atoms with E-state index in [4.69, 9.17) is 19.7 Å². The number of aliphatic imine (C=N–C) groups is 3. The number of aliphatic hydroxyl groups is 2. The van der Waals surface area contributed by atoms with Crippen molar-refractivity contribution in [2.24, 2.45) is 26.8 Å². The Balaban J connectivity index is 1.60. The van der Waals surface area contributed by atoms with Gasteiger partial charge in [-0.1, -0.05) is 13.8 Å². The predicted molar refractivity (Wildman–Crippen MR) is 160 cm³/mol. The number of hydrogen-bond donors (Lipinski definition) is 3. The predicted octanol–water partition coefficient (Wildman–Crippen LogP) is 5.60. The van der Waals surface area contributed by atoms with Crippen LogP contribution in [0.4, 0.5) is 0 Å². The lowest BCUT2D eigenvalue weighted by atomic mass is 9.90. The highest BCUT2D eigenvalue weighted by atomic mass is 16.5. The standard InChI is InChI=1S/C33H36N4O4/c1-7-19-15(2)24-12-28-22(14-38)17(4)23(35-28)11-25-16(3)20(8-9-30(40)41-6)32(36-25)21-10-29(39)31-18(5)26(37-33(21)31)13-27(19)34-24/h11-13,15,19,34,38-39H,7-10,14H2,1-6H3/t15-,19-/m1/s1. The van der Waals surface area contributed by atoms with Gasteiger partial charge in [-0.05, 0) is 74.1 Å². The topological polar surface area (TPSA) is 116 Å². The number of methoxy groups -OCH3 is 1. The molecular weight excluding hydrogens is 516 g/mol. The van der Waals surface area contributed by atoms with Crippen molar-refractivity contribution in [3.63, 3.8) is 0 Å².